The SMILES string of the molecule is Cc1cc(C)c2cccnc2c1[O-].O=C([O-])c1cccc2cccnc12.O=S(=O)([O-])c1cccc2cccnc12.[O-]c1ccc(F)c2cccnc12. The van der Waals surface area contributed by atoms with E-state index in [0.29, 0.717) is 16.4 Å². The van der Waals surface area contributed by atoms with E-state index in [1.807, 2.05) is 44.2 Å². The number of aryl methyl sites for hydroxylation is 2. The summed E-state index contributed by atoms with van der Waals surface area (Å²) in [5.74, 6) is -1.80. The number of aromatic nitrogens is 4. The van der Waals surface area contributed by atoms with Gasteiger partial charge in [-0.2, -0.15) is 0 Å². The van der Waals surface area contributed by atoms with Gasteiger partial charge in [-0.05, 0) is 61.9 Å². The lowest BCUT2D eigenvalue weighted by molar-refractivity contribution is -0.267. The molecule has 0 aliphatic heterocycles. The van der Waals surface area contributed by atoms with Gasteiger partial charge in [0.25, 0.3) is 0 Å². The van der Waals surface area contributed by atoms with Crippen molar-refractivity contribution < 1.29 is 37.5 Å². The maximum absolute atomic E-state index is 13.0. The molecule has 4 aromatic heterocycles. The Hall–Kier alpha value is -6.57. The molecule has 8 aromatic rings. The standard InChI is InChI=1S/C11H11NO.C10H7NO2.C9H6FNO.C9H7NO3S/c1-7-6-8(2)11(13)10-9(7)4-3-5-12-10;12-10(13)8-5-1-3-7-4-2-6-11-9(7)8;10-7-3-4-8(12)9-6(7)2-1-5-11-9;11-14(12,13)8-5-1-3-7-4-2-6-10-9(7)8/h3-6,13H,1-2H3;1-6H,(H,12,13);1-5,12H;1-6H,(H,11,12,13)/p-4. The van der Waals surface area contributed by atoms with Crippen LogP contribution >= 0.6 is 0 Å². The van der Waals surface area contributed by atoms with E-state index in [2.05, 4.69) is 19.9 Å². The van der Waals surface area contributed by atoms with Gasteiger partial charge in [0, 0.05) is 51.9 Å². The van der Waals surface area contributed by atoms with Crippen molar-refractivity contribution in [1.29, 1.82) is 0 Å². The summed E-state index contributed by atoms with van der Waals surface area (Å²) in [4.78, 5) is 26.1. The Bertz CT molecular complexity index is 2620. The Balaban J connectivity index is 0.000000134. The number of hydrogen-bond acceptors (Lipinski definition) is 11. The van der Waals surface area contributed by atoms with E-state index >= 15 is 0 Å². The molecule has 262 valence electrons. The minimum atomic E-state index is -4.44. The lowest BCUT2D eigenvalue weighted by atomic mass is 10.1. The first-order chi connectivity index (χ1) is 24.9. The molecule has 0 spiro atoms. The van der Waals surface area contributed by atoms with E-state index in [0.717, 1.165) is 28.0 Å². The predicted molar refractivity (Wildman–Crippen MR) is 188 cm³/mol. The van der Waals surface area contributed by atoms with Crippen LogP contribution in [0.15, 0.2) is 133 Å². The lowest BCUT2D eigenvalue weighted by Gasteiger charge is -2.14. The fraction of sp³-hybridized carbons (Fsp3) is 0.0513. The van der Waals surface area contributed by atoms with Crippen LogP contribution in [0.3, 0.4) is 0 Å². The first kappa shape index (κ1) is 36.7. The van der Waals surface area contributed by atoms with Crippen LogP contribution in [0.25, 0.3) is 43.6 Å². The number of benzene rings is 4. The smallest absolute Gasteiger partial charge is 0.132 e. The van der Waals surface area contributed by atoms with Crippen molar-refractivity contribution in [3.8, 4) is 11.5 Å². The van der Waals surface area contributed by atoms with Gasteiger partial charge in [0.1, 0.15) is 15.9 Å². The van der Waals surface area contributed by atoms with Crippen LogP contribution in [0, 0.1) is 19.7 Å². The first-order valence-electron chi connectivity index (χ1n) is 15.4. The molecule has 0 unspecified atom stereocenters. The normalized spacial score (nSPS) is 10.8. The summed E-state index contributed by atoms with van der Waals surface area (Å²) in [6.45, 7) is 3.82. The minimum absolute atomic E-state index is 0.0428. The van der Waals surface area contributed by atoms with Crippen LogP contribution in [0.1, 0.15) is 21.5 Å². The molecule has 0 amide bonds. The van der Waals surface area contributed by atoms with Gasteiger partial charge in [-0.25, -0.2) is 12.8 Å². The average Bonchev–Trinajstić information content (AvgIpc) is 3.15. The number of hydrogen-bond donors (Lipinski definition) is 0. The Morgan fingerprint density at radius 3 is 1.75 bits per heavy atom. The van der Waals surface area contributed by atoms with Crippen molar-refractivity contribution in [3.05, 3.63) is 150 Å². The van der Waals surface area contributed by atoms with Crippen LogP contribution in [0.2, 0.25) is 0 Å². The minimum Gasteiger partial charge on any atom is -0.871 e. The van der Waals surface area contributed by atoms with Crippen molar-refractivity contribution in [3.63, 3.8) is 0 Å². The van der Waals surface area contributed by atoms with Crippen molar-refractivity contribution >= 4 is 59.7 Å². The maximum atomic E-state index is 13.0. The van der Waals surface area contributed by atoms with Gasteiger partial charge in [-0.15, -0.1) is 0 Å². The topological polar surface area (TPSA) is 195 Å². The molecule has 13 heteroatoms. The summed E-state index contributed by atoms with van der Waals surface area (Å²) in [6.07, 6.45) is 6.15. The molecule has 0 fully saturated rings. The van der Waals surface area contributed by atoms with Gasteiger partial charge in [0.2, 0.25) is 0 Å². The zero-order valence-corrected chi connectivity index (χ0v) is 28.4. The molecule has 4 aromatic carbocycles. The number of aromatic carboxylic acids is 1. The highest BCUT2D eigenvalue weighted by molar-refractivity contribution is 7.86. The molecule has 0 bridgehead atoms. The highest BCUT2D eigenvalue weighted by atomic mass is 32.2. The van der Waals surface area contributed by atoms with E-state index in [-0.39, 0.29) is 38.4 Å². The highest BCUT2D eigenvalue weighted by Gasteiger charge is 2.07. The third-order valence-corrected chi connectivity index (χ3v) is 8.50. The number of carbonyl (C=O) groups is 1. The summed E-state index contributed by atoms with van der Waals surface area (Å²) in [5, 5.41) is 36.1. The van der Waals surface area contributed by atoms with E-state index in [1.54, 1.807) is 54.9 Å². The number of halogens is 1. The number of fused-ring (bicyclic) bond motifs is 4. The second-order valence-electron chi connectivity index (χ2n) is 11.1. The molecule has 0 saturated heterocycles. The third-order valence-electron chi connectivity index (χ3n) is 7.64. The fourth-order valence-corrected chi connectivity index (χ4v) is 5.87. The number of carbonyl (C=O) groups excluding carboxylic acids is 1. The van der Waals surface area contributed by atoms with Gasteiger partial charge in [-0.3, -0.25) is 19.9 Å². The Kier molecular flexibility index (Phi) is 11.3. The van der Waals surface area contributed by atoms with Gasteiger partial charge in [-0.1, -0.05) is 77.7 Å². The Morgan fingerprint density at radius 2 is 1.13 bits per heavy atom. The number of para-hydroxylation sites is 2. The van der Waals surface area contributed by atoms with Gasteiger partial charge in [0.05, 0.1) is 32.9 Å². The van der Waals surface area contributed by atoms with E-state index in [1.165, 1.54) is 36.7 Å². The molecule has 52 heavy (non-hydrogen) atoms. The number of carboxylic acid groups (broad SMARTS) is 1. The van der Waals surface area contributed by atoms with Gasteiger partial charge in [0.15, 0.2) is 0 Å². The molecule has 0 radical (unpaired) electrons. The number of nitrogens with zero attached hydrogens (tertiary/aromatic N) is 4. The molecule has 11 nitrogen and oxygen atoms in total. The van der Waals surface area contributed by atoms with Crippen LogP contribution in [-0.4, -0.2) is 38.9 Å². The van der Waals surface area contributed by atoms with Crippen LogP contribution in [0.5, 0.6) is 11.5 Å². The Morgan fingerprint density at radius 1 is 0.615 bits per heavy atom. The number of carboxylic acids is 1. The summed E-state index contributed by atoms with van der Waals surface area (Å²) in [6, 6.07) is 27.6. The zero-order valence-electron chi connectivity index (χ0n) is 27.6. The highest BCUT2D eigenvalue weighted by Crippen LogP contribution is 2.27. The predicted octanol–water partition coefficient (Wildman–Crippen LogP) is 5.11. The summed E-state index contributed by atoms with van der Waals surface area (Å²) < 4.78 is 45.5. The molecule has 0 N–H and O–H groups in total. The summed E-state index contributed by atoms with van der Waals surface area (Å²) >= 11 is 0. The summed E-state index contributed by atoms with van der Waals surface area (Å²) in [7, 11) is -4.44. The second kappa shape index (κ2) is 16.0. The molecule has 0 saturated carbocycles. The van der Waals surface area contributed by atoms with Gasteiger partial charge >= 0.3 is 0 Å². The molecule has 0 aliphatic carbocycles. The molecule has 8 rings (SSSR count). The first-order valence-corrected chi connectivity index (χ1v) is 16.8. The summed E-state index contributed by atoms with van der Waals surface area (Å²) in [5.41, 5.74) is 3.49. The van der Waals surface area contributed by atoms with Crippen molar-refractivity contribution in [2.24, 2.45) is 0 Å². The van der Waals surface area contributed by atoms with Crippen molar-refractivity contribution in [1.82, 2.24) is 19.9 Å². The zero-order chi connectivity index (χ0) is 37.4. The van der Waals surface area contributed by atoms with Crippen LogP contribution < -0.4 is 15.3 Å². The van der Waals surface area contributed by atoms with Gasteiger partial charge < -0.3 is 24.7 Å². The number of pyridine rings is 4. The largest absolute Gasteiger partial charge is 0.871 e. The molecule has 4 heterocycles. The third kappa shape index (κ3) is 8.41. The molecular formula is C39H27FN4O7S-4. The Labute approximate surface area is 297 Å². The lowest BCUT2D eigenvalue weighted by Crippen LogP contribution is -2.22. The molecule has 0 atom stereocenters. The number of rotatable bonds is 2. The van der Waals surface area contributed by atoms with E-state index in [4.69, 9.17) is 0 Å². The second-order valence-corrected chi connectivity index (χ2v) is 12.5. The van der Waals surface area contributed by atoms with Crippen molar-refractivity contribution in [2.45, 2.75) is 18.7 Å². The van der Waals surface area contributed by atoms with Crippen molar-refractivity contribution in [2.75, 3.05) is 0 Å². The fourth-order valence-electron chi connectivity index (χ4n) is 5.22. The van der Waals surface area contributed by atoms with E-state index < -0.39 is 21.9 Å². The van der Waals surface area contributed by atoms with E-state index in [9.17, 15) is 37.5 Å². The molecule has 0 aliphatic rings. The molecular weight excluding hydrogens is 688 g/mol. The average molecular weight is 715 g/mol. The van der Waals surface area contributed by atoms with Crippen LogP contribution in [-0.2, 0) is 10.1 Å². The monoisotopic (exact) mass is 714 g/mol. The quantitative estimate of drug-likeness (QED) is 0.216. The maximum Gasteiger partial charge on any atom is 0.132 e. The van der Waals surface area contributed by atoms with Crippen LogP contribution in [0.4, 0.5) is 4.39 Å².